The Kier molecular flexibility index (Phi) is 3.82. The molecular weight excluding hydrogens is 274 g/mol. The number of aromatic nitrogens is 2. The lowest BCUT2D eigenvalue weighted by atomic mass is 10.2. The number of hydrogen-bond acceptors (Lipinski definition) is 5. The van der Waals surface area contributed by atoms with Crippen molar-refractivity contribution in [1.82, 2.24) is 15.5 Å². The van der Waals surface area contributed by atoms with Crippen LogP contribution in [0, 0.1) is 5.92 Å². The van der Waals surface area contributed by atoms with Gasteiger partial charge in [0.15, 0.2) is 0 Å². The molecule has 1 N–H and O–H groups in total. The van der Waals surface area contributed by atoms with Crippen LogP contribution in [0.3, 0.4) is 0 Å². The molecule has 0 bridgehead atoms. The van der Waals surface area contributed by atoms with Crippen LogP contribution < -0.4 is 5.32 Å². The fourth-order valence-electron chi connectivity index (χ4n) is 2.12. The third kappa shape index (κ3) is 3.25. The van der Waals surface area contributed by atoms with E-state index in [0.717, 1.165) is 4.88 Å². The summed E-state index contributed by atoms with van der Waals surface area (Å²) in [5.41, 5.74) is 0. The van der Waals surface area contributed by atoms with Crippen LogP contribution in [0.1, 0.15) is 32.1 Å². The molecule has 6 heteroatoms. The summed E-state index contributed by atoms with van der Waals surface area (Å²) in [6.07, 6.45) is 3.34. The highest BCUT2D eigenvalue weighted by molar-refractivity contribution is 7.13. The number of hydrogen-bond donors (Lipinski definition) is 1. The van der Waals surface area contributed by atoms with E-state index in [-0.39, 0.29) is 11.9 Å². The monoisotopic (exact) mass is 291 g/mol. The number of thiophene rings is 1. The smallest absolute Gasteiger partial charge is 0.227 e. The van der Waals surface area contributed by atoms with Gasteiger partial charge in [0.05, 0.1) is 4.88 Å². The van der Waals surface area contributed by atoms with Gasteiger partial charge in [-0.3, -0.25) is 4.79 Å². The van der Waals surface area contributed by atoms with Crippen LogP contribution in [-0.4, -0.2) is 22.1 Å². The van der Waals surface area contributed by atoms with Crippen LogP contribution in [0.15, 0.2) is 22.0 Å². The van der Waals surface area contributed by atoms with E-state index < -0.39 is 0 Å². The fourth-order valence-corrected chi connectivity index (χ4v) is 2.77. The fraction of sp³-hybridized carbons (Fsp3) is 0.500. The van der Waals surface area contributed by atoms with Gasteiger partial charge in [0.2, 0.25) is 17.6 Å². The lowest BCUT2D eigenvalue weighted by molar-refractivity contribution is -0.121. The molecule has 1 saturated carbocycles. The number of nitrogens with one attached hydrogen (secondary N) is 1. The maximum atomic E-state index is 11.8. The van der Waals surface area contributed by atoms with Crippen LogP contribution in [0.2, 0.25) is 0 Å². The molecule has 0 saturated heterocycles. The largest absolute Gasteiger partial charge is 0.353 e. The van der Waals surface area contributed by atoms with E-state index in [4.69, 9.17) is 4.52 Å². The quantitative estimate of drug-likeness (QED) is 0.888. The van der Waals surface area contributed by atoms with E-state index in [1.54, 1.807) is 11.3 Å². The molecule has 2 aromatic rings. The second-order valence-electron chi connectivity index (χ2n) is 5.18. The topological polar surface area (TPSA) is 68.0 Å². The molecule has 0 spiro atoms. The predicted octanol–water partition coefficient (Wildman–Crippen LogP) is 2.65. The number of carbonyl (C=O) groups excluding carboxylic acids is 1. The van der Waals surface area contributed by atoms with E-state index in [2.05, 4.69) is 22.4 Å². The Hall–Kier alpha value is -1.69. The van der Waals surface area contributed by atoms with Crippen molar-refractivity contribution in [2.24, 2.45) is 5.92 Å². The molecule has 3 rings (SSSR count). The molecule has 20 heavy (non-hydrogen) atoms. The van der Waals surface area contributed by atoms with Crippen molar-refractivity contribution in [3.63, 3.8) is 0 Å². The Morgan fingerprint density at radius 3 is 3.15 bits per heavy atom. The van der Waals surface area contributed by atoms with Gasteiger partial charge >= 0.3 is 0 Å². The maximum Gasteiger partial charge on any atom is 0.227 e. The lowest BCUT2D eigenvalue weighted by Gasteiger charge is -2.11. The summed E-state index contributed by atoms with van der Waals surface area (Å²) in [6.45, 7) is 2.07. The molecule has 1 fully saturated rings. The molecule has 1 atom stereocenters. The molecule has 0 aliphatic heterocycles. The van der Waals surface area contributed by atoms with Gasteiger partial charge in [-0.05, 0) is 37.1 Å². The first kappa shape index (κ1) is 13.3. The highest BCUT2D eigenvalue weighted by Crippen LogP contribution is 2.32. The first-order valence-corrected chi connectivity index (χ1v) is 7.76. The van der Waals surface area contributed by atoms with E-state index in [1.165, 1.54) is 12.8 Å². The summed E-state index contributed by atoms with van der Waals surface area (Å²) in [5.74, 6) is 1.84. The predicted molar refractivity (Wildman–Crippen MR) is 76.3 cm³/mol. The third-order valence-electron chi connectivity index (χ3n) is 3.49. The molecule has 1 aliphatic rings. The van der Waals surface area contributed by atoms with Crippen LogP contribution in [0.4, 0.5) is 0 Å². The molecule has 5 nitrogen and oxygen atoms in total. The summed E-state index contributed by atoms with van der Waals surface area (Å²) in [7, 11) is 0. The number of nitrogens with zero attached hydrogens (tertiary/aromatic N) is 2. The Morgan fingerprint density at radius 2 is 2.45 bits per heavy atom. The standard InChI is InChI=1S/C14H17N3O2S/c1-9(10-4-5-10)15-12(18)6-7-13-16-14(17-19-13)11-3-2-8-20-11/h2-3,8-10H,4-7H2,1H3,(H,15,18)/t9-/m1/s1. The molecule has 2 aromatic heterocycles. The summed E-state index contributed by atoms with van der Waals surface area (Å²) in [5, 5.41) is 8.92. The zero-order valence-electron chi connectivity index (χ0n) is 11.3. The summed E-state index contributed by atoms with van der Waals surface area (Å²) in [4.78, 5) is 17.1. The van der Waals surface area contributed by atoms with Crippen LogP contribution >= 0.6 is 11.3 Å². The molecule has 1 amide bonds. The zero-order valence-corrected chi connectivity index (χ0v) is 12.2. The third-order valence-corrected chi connectivity index (χ3v) is 4.36. The number of rotatable bonds is 6. The first-order valence-electron chi connectivity index (χ1n) is 6.88. The lowest BCUT2D eigenvalue weighted by Crippen LogP contribution is -2.34. The summed E-state index contributed by atoms with van der Waals surface area (Å²) >= 11 is 1.57. The highest BCUT2D eigenvalue weighted by Gasteiger charge is 2.28. The van der Waals surface area contributed by atoms with Crippen molar-refractivity contribution >= 4 is 17.2 Å². The Morgan fingerprint density at radius 1 is 1.60 bits per heavy atom. The van der Waals surface area contributed by atoms with Gasteiger partial charge in [-0.25, -0.2) is 0 Å². The van der Waals surface area contributed by atoms with Gasteiger partial charge in [0, 0.05) is 18.9 Å². The average molecular weight is 291 g/mol. The molecule has 1 aliphatic carbocycles. The summed E-state index contributed by atoms with van der Waals surface area (Å²) < 4.78 is 5.17. The van der Waals surface area contributed by atoms with Crippen LogP contribution in [0.25, 0.3) is 10.7 Å². The van der Waals surface area contributed by atoms with Gasteiger partial charge in [-0.1, -0.05) is 11.2 Å². The molecule has 0 aromatic carbocycles. The van der Waals surface area contributed by atoms with Gasteiger partial charge in [-0.15, -0.1) is 11.3 Å². The minimum atomic E-state index is 0.0558. The molecule has 106 valence electrons. The Balaban J connectivity index is 1.49. The average Bonchev–Trinajstić information content (AvgIpc) is 2.96. The minimum Gasteiger partial charge on any atom is -0.353 e. The maximum absolute atomic E-state index is 11.8. The summed E-state index contributed by atoms with van der Waals surface area (Å²) in [6, 6.07) is 4.18. The van der Waals surface area contributed by atoms with E-state index in [9.17, 15) is 4.79 Å². The second kappa shape index (κ2) is 5.75. The van der Waals surface area contributed by atoms with E-state index in [0.29, 0.717) is 30.5 Å². The van der Waals surface area contributed by atoms with Crippen molar-refractivity contribution < 1.29 is 9.32 Å². The first-order chi connectivity index (χ1) is 9.72. The number of amides is 1. The molecule has 0 radical (unpaired) electrons. The highest BCUT2D eigenvalue weighted by atomic mass is 32.1. The van der Waals surface area contributed by atoms with Crippen molar-refractivity contribution in [3.8, 4) is 10.7 Å². The van der Waals surface area contributed by atoms with Gasteiger partial charge in [0.25, 0.3) is 0 Å². The van der Waals surface area contributed by atoms with Gasteiger partial charge < -0.3 is 9.84 Å². The SMILES string of the molecule is C[C@@H](NC(=O)CCc1nc(-c2cccs2)no1)C1CC1. The van der Waals surface area contributed by atoms with Gasteiger partial charge in [-0.2, -0.15) is 4.98 Å². The van der Waals surface area contributed by atoms with Crippen molar-refractivity contribution in [2.45, 2.75) is 38.6 Å². The molecule has 2 heterocycles. The van der Waals surface area contributed by atoms with Crippen molar-refractivity contribution in [2.75, 3.05) is 0 Å². The van der Waals surface area contributed by atoms with E-state index >= 15 is 0 Å². The van der Waals surface area contributed by atoms with Crippen molar-refractivity contribution in [1.29, 1.82) is 0 Å². The minimum absolute atomic E-state index is 0.0558. The Bertz CT molecular complexity index is 575. The number of carbonyl (C=O) groups is 1. The van der Waals surface area contributed by atoms with Crippen molar-refractivity contribution in [3.05, 3.63) is 23.4 Å². The molecule has 0 unspecified atom stereocenters. The normalized spacial score (nSPS) is 16.1. The second-order valence-corrected chi connectivity index (χ2v) is 6.13. The van der Waals surface area contributed by atoms with Crippen LogP contribution in [0.5, 0.6) is 0 Å². The molecular formula is C14H17N3O2S. The van der Waals surface area contributed by atoms with Gasteiger partial charge in [0.1, 0.15) is 0 Å². The van der Waals surface area contributed by atoms with E-state index in [1.807, 2.05) is 17.5 Å². The number of aryl methyl sites for hydroxylation is 1. The van der Waals surface area contributed by atoms with Crippen LogP contribution in [-0.2, 0) is 11.2 Å². The Labute approximate surface area is 121 Å². The zero-order chi connectivity index (χ0) is 13.9.